The van der Waals surface area contributed by atoms with Crippen molar-refractivity contribution < 1.29 is 9.53 Å². The molecule has 0 aliphatic carbocycles. The Labute approximate surface area is 136 Å². The summed E-state index contributed by atoms with van der Waals surface area (Å²) in [7, 11) is 0. The minimum atomic E-state index is -0.631. The Balaban J connectivity index is 1.76. The SMILES string of the molecule is CC1COC(c2ccccc2)CN1C(=O)C(N)c1ccccc1. The Morgan fingerprint density at radius 3 is 2.39 bits per heavy atom. The highest BCUT2D eigenvalue weighted by Crippen LogP contribution is 2.26. The number of amides is 1. The quantitative estimate of drug-likeness (QED) is 0.948. The van der Waals surface area contributed by atoms with Crippen LogP contribution in [0.5, 0.6) is 0 Å². The summed E-state index contributed by atoms with van der Waals surface area (Å²) in [5.41, 5.74) is 8.11. The lowest BCUT2D eigenvalue weighted by molar-refractivity contribution is -0.146. The van der Waals surface area contributed by atoms with E-state index in [1.807, 2.05) is 72.5 Å². The normalized spacial score (nSPS) is 22.6. The molecule has 1 heterocycles. The van der Waals surface area contributed by atoms with Crippen molar-refractivity contribution in [3.63, 3.8) is 0 Å². The van der Waals surface area contributed by atoms with Crippen LogP contribution in [0.4, 0.5) is 0 Å². The first-order valence-corrected chi connectivity index (χ1v) is 7.94. The Morgan fingerprint density at radius 2 is 1.74 bits per heavy atom. The maximum Gasteiger partial charge on any atom is 0.244 e. The van der Waals surface area contributed by atoms with Gasteiger partial charge in [0.25, 0.3) is 0 Å². The Hall–Kier alpha value is -2.17. The van der Waals surface area contributed by atoms with Gasteiger partial charge in [-0.25, -0.2) is 0 Å². The van der Waals surface area contributed by atoms with Gasteiger partial charge >= 0.3 is 0 Å². The van der Waals surface area contributed by atoms with Gasteiger partial charge in [0.05, 0.1) is 19.2 Å². The molecule has 3 atom stereocenters. The van der Waals surface area contributed by atoms with Crippen molar-refractivity contribution in [2.24, 2.45) is 5.73 Å². The van der Waals surface area contributed by atoms with Crippen molar-refractivity contribution >= 4 is 5.91 Å². The highest BCUT2D eigenvalue weighted by atomic mass is 16.5. The second-order valence-electron chi connectivity index (χ2n) is 5.96. The van der Waals surface area contributed by atoms with E-state index in [-0.39, 0.29) is 18.1 Å². The molecule has 2 N–H and O–H groups in total. The molecule has 23 heavy (non-hydrogen) atoms. The number of rotatable bonds is 3. The number of carbonyl (C=O) groups is 1. The Bertz CT molecular complexity index is 645. The summed E-state index contributed by atoms with van der Waals surface area (Å²) in [6, 6.07) is 18.9. The highest BCUT2D eigenvalue weighted by molar-refractivity contribution is 5.83. The predicted octanol–water partition coefficient (Wildman–Crippen LogP) is 2.68. The summed E-state index contributed by atoms with van der Waals surface area (Å²) in [5.74, 6) is -0.0482. The van der Waals surface area contributed by atoms with E-state index in [1.54, 1.807) is 0 Å². The maximum atomic E-state index is 12.8. The lowest BCUT2D eigenvalue weighted by Gasteiger charge is -2.39. The molecule has 1 aliphatic rings. The van der Waals surface area contributed by atoms with E-state index in [1.165, 1.54) is 0 Å². The minimum absolute atomic E-state index is 0.0252. The number of nitrogens with two attached hydrogens (primary N) is 1. The van der Waals surface area contributed by atoms with Crippen LogP contribution < -0.4 is 5.73 Å². The minimum Gasteiger partial charge on any atom is -0.370 e. The molecular weight excluding hydrogens is 288 g/mol. The number of hydrogen-bond donors (Lipinski definition) is 1. The van der Waals surface area contributed by atoms with Gasteiger partial charge in [-0.1, -0.05) is 60.7 Å². The van der Waals surface area contributed by atoms with Crippen LogP contribution in [0.25, 0.3) is 0 Å². The van der Waals surface area contributed by atoms with Crippen LogP contribution in [0, 0.1) is 0 Å². The van der Waals surface area contributed by atoms with Crippen LogP contribution in [0.15, 0.2) is 60.7 Å². The van der Waals surface area contributed by atoms with Gasteiger partial charge in [-0.2, -0.15) is 0 Å². The molecule has 3 rings (SSSR count). The molecule has 2 aromatic carbocycles. The maximum absolute atomic E-state index is 12.8. The molecule has 0 spiro atoms. The van der Waals surface area contributed by atoms with Crippen LogP contribution in [0.2, 0.25) is 0 Å². The van der Waals surface area contributed by atoms with Crippen LogP contribution in [-0.4, -0.2) is 30.0 Å². The fourth-order valence-electron chi connectivity index (χ4n) is 2.91. The third-order valence-electron chi connectivity index (χ3n) is 4.31. The number of morpholine rings is 1. The first kappa shape index (κ1) is 15.7. The molecule has 0 bridgehead atoms. The summed E-state index contributed by atoms with van der Waals surface area (Å²) in [5, 5.41) is 0. The molecule has 1 saturated heterocycles. The first-order chi connectivity index (χ1) is 11.2. The molecule has 3 unspecified atom stereocenters. The topological polar surface area (TPSA) is 55.6 Å². The van der Waals surface area contributed by atoms with Gasteiger partial charge in [0.2, 0.25) is 5.91 Å². The van der Waals surface area contributed by atoms with E-state index in [4.69, 9.17) is 10.5 Å². The zero-order valence-corrected chi connectivity index (χ0v) is 13.3. The summed E-state index contributed by atoms with van der Waals surface area (Å²) in [6.45, 7) is 3.05. The smallest absolute Gasteiger partial charge is 0.244 e. The summed E-state index contributed by atoms with van der Waals surface area (Å²) < 4.78 is 5.91. The highest BCUT2D eigenvalue weighted by Gasteiger charge is 2.33. The third-order valence-corrected chi connectivity index (χ3v) is 4.31. The van der Waals surface area contributed by atoms with Crippen molar-refractivity contribution in [2.75, 3.05) is 13.2 Å². The van der Waals surface area contributed by atoms with E-state index < -0.39 is 6.04 Å². The molecule has 0 radical (unpaired) electrons. The number of benzene rings is 2. The molecule has 1 amide bonds. The van der Waals surface area contributed by atoms with E-state index in [2.05, 4.69) is 0 Å². The van der Waals surface area contributed by atoms with Crippen molar-refractivity contribution in [3.05, 3.63) is 71.8 Å². The van der Waals surface area contributed by atoms with Crippen molar-refractivity contribution in [3.8, 4) is 0 Å². The van der Waals surface area contributed by atoms with Gasteiger partial charge in [0, 0.05) is 0 Å². The van der Waals surface area contributed by atoms with Crippen molar-refractivity contribution in [1.82, 2.24) is 4.90 Å². The number of nitrogens with zero attached hydrogens (tertiary/aromatic N) is 1. The number of hydrogen-bond acceptors (Lipinski definition) is 3. The van der Waals surface area contributed by atoms with Crippen molar-refractivity contribution in [2.45, 2.75) is 25.1 Å². The van der Waals surface area contributed by atoms with E-state index in [0.29, 0.717) is 13.2 Å². The molecule has 1 fully saturated rings. The van der Waals surface area contributed by atoms with Gasteiger partial charge in [-0.05, 0) is 18.1 Å². The average molecular weight is 310 g/mol. The summed E-state index contributed by atoms with van der Waals surface area (Å²) in [4.78, 5) is 14.7. The number of ether oxygens (including phenoxy) is 1. The molecule has 0 saturated carbocycles. The number of carbonyl (C=O) groups excluding carboxylic acids is 1. The Morgan fingerprint density at radius 1 is 1.13 bits per heavy atom. The predicted molar refractivity (Wildman–Crippen MR) is 89.7 cm³/mol. The van der Waals surface area contributed by atoms with Crippen LogP contribution in [0.1, 0.15) is 30.2 Å². The molecule has 0 aromatic heterocycles. The van der Waals surface area contributed by atoms with Gasteiger partial charge in [-0.15, -0.1) is 0 Å². The molecule has 1 aliphatic heterocycles. The second kappa shape index (κ2) is 6.94. The lowest BCUT2D eigenvalue weighted by Crippen LogP contribution is -2.51. The average Bonchev–Trinajstić information content (AvgIpc) is 2.62. The fourth-order valence-corrected chi connectivity index (χ4v) is 2.91. The van der Waals surface area contributed by atoms with Gasteiger partial charge in [-0.3, -0.25) is 4.79 Å². The fraction of sp³-hybridized carbons (Fsp3) is 0.316. The monoisotopic (exact) mass is 310 g/mol. The second-order valence-corrected chi connectivity index (χ2v) is 5.96. The first-order valence-electron chi connectivity index (χ1n) is 7.94. The standard InChI is InChI=1S/C19H22N2O2/c1-14-13-23-17(15-8-4-2-5-9-15)12-21(14)19(22)18(20)16-10-6-3-7-11-16/h2-11,14,17-18H,12-13,20H2,1H3. The molecule has 120 valence electrons. The molecule has 4 nitrogen and oxygen atoms in total. The van der Waals surface area contributed by atoms with Gasteiger partial charge < -0.3 is 15.4 Å². The molecular formula is C19H22N2O2. The molecule has 4 heteroatoms. The summed E-state index contributed by atoms with van der Waals surface area (Å²) >= 11 is 0. The van der Waals surface area contributed by atoms with Crippen LogP contribution in [-0.2, 0) is 9.53 Å². The van der Waals surface area contributed by atoms with E-state index >= 15 is 0 Å². The zero-order valence-electron chi connectivity index (χ0n) is 13.3. The lowest BCUT2D eigenvalue weighted by atomic mass is 10.0. The molecule has 2 aromatic rings. The Kier molecular flexibility index (Phi) is 4.74. The van der Waals surface area contributed by atoms with Crippen LogP contribution >= 0.6 is 0 Å². The van der Waals surface area contributed by atoms with E-state index in [0.717, 1.165) is 11.1 Å². The van der Waals surface area contributed by atoms with Crippen molar-refractivity contribution in [1.29, 1.82) is 0 Å². The largest absolute Gasteiger partial charge is 0.370 e. The van der Waals surface area contributed by atoms with E-state index in [9.17, 15) is 4.79 Å². The van der Waals surface area contributed by atoms with Gasteiger partial charge in [0.15, 0.2) is 0 Å². The third kappa shape index (κ3) is 3.44. The zero-order chi connectivity index (χ0) is 16.2. The van der Waals surface area contributed by atoms with Gasteiger partial charge in [0.1, 0.15) is 12.1 Å². The van der Waals surface area contributed by atoms with Crippen LogP contribution in [0.3, 0.4) is 0 Å². The summed E-state index contributed by atoms with van der Waals surface area (Å²) in [6.07, 6.45) is -0.0978.